The third-order valence-electron chi connectivity index (χ3n) is 4.12. The van der Waals surface area contributed by atoms with E-state index in [9.17, 15) is 14.7 Å². The fourth-order valence-corrected chi connectivity index (χ4v) is 2.76. The molecule has 0 aromatic heterocycles. The van der Waals surface area contributed by atoms with Gasteiger partial charge in [0.05, 0.1) is 12.0 Å². The molecule has 0 aliphatic heterocycles. The Labute approximate surface area is 124 Å². The zero-order chi connectivity index (χ0) is 15.1. The molecule has 0 bridgehead atoms. The number of para-hydroxylation sites is 1. The van der Waals surface area contributed by atoms with E-state index in [0.717, 1.165) is 24.9 Å². The van der Waals surface area contributed by atoms with Crippen LogP contribution in [0.25, 0.3) is 0 Å². The van der Waals surface area contributed by atoms with Crippen molar-refractivity contribution in [3.8, 4) is 0 Å². The van der Waals surface area contributed by atoms with Crippen molar-refractivity contribution in [1.82, 2.24) is 5.32 Å². The first-order valence-electron chi connectivity index (χ1n) is 7.41. The topological polar surface area (TPSA) is 78.4 Å². The predicted octanol–water partition coefficient (Wildman–Crippen LogP) is 2.25. The van der Waals surface area contributed by atoms with Gasteiger partial charge in [-0.2, -0.15) is 0 Å². The van der Waals surface area contributed by atoms with Crippen LogP contribution < -0.4 is 10.6 Å². The molecular formula is C16H22N2O3. The molecule has 2 rings (SSSR count). The third-order valence-corrected chi connectivity index (χ3v) is 4.12. The van der Waals surface area contributed by atoms with Gasteiger partial charge in [0.25, 0.3) is 0 Å². The summed E-state index contributed by atoms with van der Waals surface area (Å²) >= 11 is 0. The maximum Gasteiger partial charge on any atom is 0.311 e. The quantitative estimate of drug-likeness (QED) is 0.751. The van der Waals surface area contributed by atoms with Crippen LogP contribution in [0.15, 0.2) is 30.3 Å². The smallest absolute Gasteiger partial charge is 0.311 e. The summed E-state index contributed by atoms with van der Waals surface area (Å²) < 4.78 is 0. The van der Waals surface area contributed by atoms with Gasteiger partial charge in [-0.1, -0.05) is 37.5 Å². The van der Waals surface area contributed by atoms with Crippen molar-refractivity contribution in [3.05, 3.63) is 30.3 Å². The molecule has 1 fully saturated rings. The summed E-state index contributed by atoms with van der Waals surface area (Å²) in [7, 11) is 0. The van der Waals surface area contributed by atoms with Crippen molar-refractivity contribution in [2.24, 2.45) is 5.41 Å². The lowest BCUT2D eigenvalue weighted by Gasteiger charge is -2.33. The van der Waals surface area contributed by atoms with E-state index in [4.69, 9.17) is 0 Å². The molecule has 0 saturated heterocycles. The van der Waals surface area contributed by atoms with E-state index in [1.807, 2.05) is 30.3 Å². The first-order chi connectivity index (χ1) is 10.1. The number of anilines is 1. The van der Waals surface area contributed by atoms with Gasteiger partial charge >= 0.3 is 5.97 Å². The van der Waals surface area contributed by atoms with Gasteiger partial charge in [0.15, 0.2) is 0 Å². The predicted molar refractivity (Wildman–Crippen MR) is 81.1 cm³/mol. The van der Waals surface area contributed by atoms with Crippen molar-refractivity contribution in [2.45, 2.75) is 32.1 Å². The van der Waals surface area contributed by atoms with Gasteiger partial charge in [-0.3, -0.25) is 9.59 Å². The number of carbonyl (C=O) groups excluding carboxylic acids is 1. The summed E-state index contributed by atoms with van der Waals surface area (Å²) in [5.74, 6) is -0.969. The summed E-state index contributed by atoms with van der Waals surface area (Å²) in [6.07, 6.45) is 4.22. The number of nitrogens with one attached hydrogen (secondary N) is 2. The van der Waals surface area contributed by atoms with Crippen molar-refractivity contribution in [1.29, 1.82) is 0 Å². The van der Waals surface area contributed by atoms with Crippen LogP contribution in [0, 0.1) is 5.41 Å². The molecule has 1 saturated carbocycles. The maximum atomic E-state index is 11.9. The fourth-order valence-electron chi connectivity index (χ4n) is 2.76. The molecule has 1 aromatic carbocycles. The van der Waals surface area contributed by atoms with Gasteiger partial charge in [0.1, 0.15) is 0 Å². The molecule has 0 radical (unpaired) electrons. The van der Waals surface area contributed by atoms with Crippen LogP contribution in [-0.2, 0) is 9.59 Å². The number of carbonyl (C=O) groups is 2. The SMILES string of the molecule is O=C(CNc1ccccc1)NCC1(C(=O)O)CCCCC1. The number of hydrogen-bond acceptors (Lipinski definition) is 3. The van der Waals surface area contributed by atoms with E-state index in [-0.39, 0.29) is 19.0 Å². The highest BCUT2D eigenvalue weighted by atomic mass is 16.4. The molecule has 3 N–H and O–H groups in total. The lowest BCUT2D eigenvalue weighted by atomic mass is 9.74. The Morgan fingerprint density at radius 1 is 1.10 bits per heavy atom. The third kappa shape index (κ3) is 4.21. The van der Waals surface area contributed by atoms with Gasteiger partial charge < -0.3 is 15.7 Å². The Bertz CT molecular complexity index is 482. The molecule has 0 heterocycles. The molecule has 5 heteroatoms. The average molecular weight is 290 g/mol. The van der Waals surface area contributed by atoms with Gasteiger partial charge in [-0.05, 0) is 25.0 Å². The lowest BCUT2D eigenvalue weighted by Crippen LogP contribution is -2.45. The molecule has 1 amide bonds. The minimum absolute atomic E-state index is 0.152. The molecule has 0 unspecified atom stereocenters. The first-order valence-corrected chi connectivity index (χ1v) is 7.41. The maximum absolute atomic E-state index is 11.9. The second-order valence-corrected chi connectivity index (χ2v) is 5.64. The second-order valence-electron chi connectivity index (χ2n) is 5.64. The zero-order valence-corrected chi connectivity index (χ0v) is 12.1. The largest absolute Gasteiger partial charge is 0.481 e. The van der Waals surface area contributed by atoms with Gasteiger partial charge in [0.2, 0.25) is 5.91 Å². The molecule has 114 valence electrons. The van der Waals surface area contributed by atoms with Gasteiger partial charge in [-0.25, -0.2) is 0 Å². The monoisotopic (exact) mass is 290 g/mol. The summed E-state index contributed by atoms with van der Waals surface area (Å²) in [5, 5.41) is 15.2. The van der Waals surface area contributed by atoms with E-state index < -0.39 is 11.4 Å². The number of benzene rings is 1. The minimum atomic E-state index is -0.793. The van der Waals surface area contributed by atoms with Crippen molar-refractivity contribution in [3.63, 3.8) is 0 Å². The average Bonchev–Trinajstić information content (AvgIpc) is 2.52. The van der Waals surface area contributed by atoms with Gasteiger partial charge in [0, 0.05) is 12.2 Å². The van der Waals surface area contributed by atoms with Crippen LogP contribution in [-0.4, -0.2) is 30.1 Å². The van der Waals surface area contributed by atoms with Gasteiger partial charge in [-0.15, -0.1) is 0 Å². The Hall–Kier alpha value is -2.04. The highest BCUT2D eigenvalue weighted by molar-refractivity contribution is 5.82. The Morgan fingerprint density at radius 3 is 2.38 bits per heavy atom. The lowest BCUT2D eigenvalue weighted by molar-refractivity contribution is -0.151. The Kier molecular flexibility index (Phi) is 5.20. The number of carboxylic acids is 1. The number of carboxylic acid groups (broad SMARTS) is 1. The van der Waals surface area contributed by atoms with E-state index in [1.165, 1.54) is 0 Å². The molecule has 0 atom stereocenters. The van der Waals surface area contributed by atoms with Crippen LogP contribution in [0.3, 0.4) is 0 Å². The van der Waals surface area contributed by atoms with Crippen molar-refractivity contribution in [2.75, 3.05) is 18.4 Å². The van der Waals surface area contributed by atoms with E-state index >= 15 is 0 Å². The van der Waals surface area contributed by atoms with E-state index in [0.29, 0.717) is 12.8 Å². The fraction of sp³-hybridized carbons (Fsp3) is 0.500. The molecule has 1 aliphatic carbocycles. The molecule has 21 heavy (non-hydrogen) atoms. The van der Waals surface area contributed by atoms with Crippen LogP contribution in [0.2, 0.25) is 0 Å². The molecule has 0 spiro atoms. The van der Waals surface area contributed by atoms with Crippen LogP contribution in [0.1, 0.15) is 32.1 Å². The van der Waals surface area contributed by atoms with Crippen LogP contribution in [0.4, 0.5) is 5.69 Å². The van der Waals surface area contributed by atoms with Crippen molar-refractivity contribution >= 4 is 17.6 Å². The molecule has 1 aromatic rings. The van der Waals surface area contributed by atoms with E-state index in [1.54, 1.807) is 0 Å². The van der Waals surface area contributed by atoms with Crippen LogP contribution >= 0.6 is 0 Å². The summed E-state index contributed by atoms with van der Waals surface area (Å²) in [5.41, 5.74) is 0.0963. The number of rotatable bonds is 6. The summed E-state index contributed by atoms with van der Waals surface area (Å²) in [4.78, 5) is 23.4. The molecule has 1 aliphatic rings. The number of hydrogen-bond donors (Lipinski definition) is 3. The number of aliphatic carboxylic acids is 1. The highest BCUT2D eigenvalue weighted by Gasteiger charge is 2.39. The zero-order valence-electron chi connectivity index (χ0n) is 12.1. The van der Waals surface area contributed by atoms with Crippen LogP contribution in [0.5, 0.6) is 0 Å². The molecule has 5 nitrogen and oxygen atoms in total. The summed E-state index contributed by atoms with van der Waals surface area (Å²) in [6, 6.07) is 9.45. The number of amides is 1. The van der Waals surface area contributed by atoms with E-state index in [2.05, 4.69) is 10.6 Å². The molecular weight excluding hydrogens is 268 g/mol. The Morgan fingerprint density at radius 2 is 1.76 bits per heavy atom. The summed E-state index contributed by atoms with van der Waals surface area (Å²) in [6.45, 7) is 0.372. The Balaban J connectivity index is 1.80. The van der Waals surface area contributed by atoms with Crippen molar-refractivity contribution < 1.29 is 14.7 Å². The second kappa shape index (κ2) is 7.11. The minimum Gasteiger partial charge on any atom is -0.481 e. The standard InChI is InChI=1S/C16H22N2O3/c19-14(11-17-13-7-3-1-4-8-13)18-12-16(15(20)21)9-5-2-6-10-16/h1,3-4,7-8,17H,2,5-6,9-12H2,(H,18,19)(H,20,21). The highest BCUT2D eigenvalue weighted by Crippen LogP contribution is 2.35. The normalized spacial score (nSPS) is 17.0. The first kappa shape index (κ1) is 15.4.